The second-order valence-electron chi connectivity index (χ2n) is 7.96. The Morgan fingerprint density at radius 1 is 1.14 bits per heavy atom. The molecule has 0 aromatic heterocycles. The fraction of sp³-hybridized carbons (Fsp3) is 0.103. The Bertz CT molecular complexity index is 1360. The normalized spacial score (nSPS) is 14.6. The van der Waals surface area contributed by atoms with Gasteiger partial charge in [-0.05, 0) is 42.3 Å². The molecule has 0 spiro atoms. The van der Waals surface area contributed by atoms with E-state index in [9.17, 15) is 10.1 Å². The Kier molecular flexibility index (Phi) is 6.99. The quantitative estimate of drug-likeness (QED) is 0.218. The number of allylic oxidation sites excluding steroid dienone is 1. The molecule has 0 fully saturated rings. The van der Waals surface area contributed by atoms with Crippen molar-refractivity contribution in [1.82, 2.24) is 0 Å². The molecule has 1 unspecified atom stereocenters. The number of nitrogens with two attached hydrogens (primary N) is 1. The maximum atomic E-state index is 12.3. The number of rotatable bonds is 7. The van der Waals surface area contributed by atoms with Crippen molar-refractivity contribution in [2.75, 3.05) is 6.61 Å². The van der Waals surface area contributed by atoms with Gasteiger partial charge in [-0.1, -0.05) is 60.7 Å². The fourth-order valence-corrected chi connectivity index (χ4v) is 3.77. The van der Waals surface area contributed by atoms with E-state index in [2.05, 4.69) is 12.6 Å². The molecule has 0 saturated carbocycles. The van der Waals surface area contributed by atoms with Gasteiger partial charge in [0.15, 0.2) is 0 Å². The molecule has 1 atom stereocenters. The smallest absolute Gasteiger partial charge is 0.336 e. The van der Waals surface area contributed by atoms with E-state index in [4.69, 9.17) is 19.9 Å². The highest BCUT2D eigenvalue weighted by atomic mass is 16.5. The van der Waals surface area contributed by atoms with Crippen LogP contribution in [0, 0.1) is 18.3 Å². The predicted octanol–water partition coefficient (Wildman–Crippen LogP) is 5.40. The van der Waals surface area contributed by atoms with E-state index >= 15 is 0 Å². The monoisotopic (exact) mass is 464 g/mol. The van der Waals surface area contributed by atoms with Crippen molar-refractivity contribution in [2.24, 2.45) is 5.73 Å². The molecular weight excluding hydrogens is 440 g/mol. The first-order chi connectivity index (χ1) is 17.0. The molecule has 1 heterocycles. The number of nitrogens with zero attached hydrogens (tertiary/aromatic N) is 1. The predicted molar refractivity (Wildman–Crippen MR) is 134 cm³/mol. The summed E-state index contributed by atoms with van der Waals surface area (Å²) in [7, 11) is 0. The molecule has 3 aromatic rings. The van der Waals surface area contributed by atoms with Crippen LogP contribution < -0.4 is 19.9 Å². The lowest BCUT2D eigenvalue weighted by molar-refractivity contribution is -0.128. The van der Waals surface area contributed by atoms with E-state index in [1.165, 1.54) is 6.08 Å². The van der Waals surface area contributed by atoms with Crippen molar-refractivity contribution in [2.45, 2.75) is 12.8 Å². The number of hydrogen-bond donors (Lipinski definition) is 1. The van der Waals surface area contributed by atoms with Gasteiger partial charge in [0.1, 0.15) is 35.5 Å². The van der Waals surface area contributed by atoms with Crippen LogP contribution in [0.4, 0.5) is 0 Å². The number of ether oxygens (including phenoxy) is 3. The molecular formula is C29H24N2O4. The number of aryl methyl sites for hydroxylation is 1. The van der Waals surface area contributed by atoms with Crippen LogP contribution in [0.5, 0.6) is 17.2 Å². The zero-order valence-corrected chi connectivity index (χ0v) is 19.2. The molecule has 0 aliphatic carbocycles. The summed E-state index contributed by atoms with van der Waals surface area (Å²) in [5.74, 6) is 0.393. The van der Waals surface area contributed by atoms with Gasteiger partial charge in [-0.15, -0.1) is 0 Å². The third kappa shape index (κ3) is 5.43. The van der Waals surface area contributed by atoms with Crippen molar-refractivity contribution in [3.05, 3.63) is 119 Å². The molecule has 6 nitrogen and oxygen atoms in total. The number of carbonyl (C=O) groups is 1. The van der Waals surface area contributed by atoms with Crippen LogP contribution >= 0.6 is 0 Å². The van der Waals surface area contributed by atoms with Gasteiger partial charge < -0.3 is 19.9 Å². The summed E-state index contributed by atoms with van der Waals surface area (Å²) in [5, 5.41) is 9.78. The van der Waals surface area contributed by atoms with E-state index < -0.39 is 11.9 Å². The molecule has 35 heavy (non-hydrogen) atoms. The fourth-order valence-electron chi connectivity index (χ4n) is 3.77. The Hall–Kier alpha value is -4.76. The van der Waals surface area contributed by atoms with Gasteiger partial charge in [0.2, 0.25) is 5.88 Å². The third-order valence-electron chi connectivity index (χ3n) is 5.46. The lowest BCUT2D eigenvalue weighted by atomic mass is 9.83. The maximum Gasteiger partial charge on any atom is 0.336 e. The van der Waals surface area contributed by atoms with Crippen molar-refractivity contribution in [3.63, 3.8) is 0 Å². The molecule has 2 N–H and O–H groups in total. The SMILES string of the molecule is C=CCOc1cccc(C2C(C#N)=C(N)Oc3cc(OC(=O)/C=C/c4ccc(C)cc4)ccc32)c1. The van der Waals surface area contributed by atoms with E-state index in [-0.39, 0.29) is 5.88 Å². The summed E-state index contributed by atoms with van der Waals surface area (Å²) < 4.78 is 16.8. The van der Waals surface area contributed by atoms with Crippen LogP contribution in [0.3, 0.4) is 0 Å². The van der Waals surface area contributed by atoms with Crippen LogP contribution in [0.1, 0.15) is 28.2 Å². The maximum absolute atomic E-state index is 12.3. The summed E-state index contributed by atoms with van der Waals surface area (Å²) in [6.45, 7) is 6.03. The standard InChI is InChI=1S/C29H24N2O4/c1-3-15-33-22-6-4-5-21(16-22)28-24-13-12-23(17-26(24)35-29(31)25(28)18-30)34-27(32)14-11-20-9-7-19(2)8-10-20/h3-14,16-17,28H,1,15,31H2,2H3/b14-11+. The molecule has 1 aliphatic rings. The lowest BCUT2D eigenvalue weighted by Crippen LogP contribution is -2.21. The minimum atomic E-state index is -0.522. The van der Waals surface area contributed by atoms with Gasteiger partial charge in [0.25, 0.3) is 0 Å². The summed E-state index contributed by atoms with van der Waals surface area (Å²) in [5.41, 5.74) is 9.97. The Labute approximate surface area is 204 Å². The number of hydrogen-bond acceptors (Lipinski definition) is 6. The second-order valence-corrected chi connectivity index (χ2v) is 7.96. The topological polar surface area (TPSA) is 94.6 Å². The summed E-state index contributed by atoms with van der Waals surface area (Å²) >= 11 is 0. The average molecular weight is 465 g/mol. The van der Waals surface area contributed by atoms with Crippen molar-refractivity contribution >= 4 is 12.0 Å². The second kappa shape index (κ2) is 10.4. The minimum Gasteiger partial charge on any atom is -0.490 e. The van der Waals surface area contributed by atoms with Crippen molar-refractivity contribution < 1.29 is 19.0 Å². The first kappa shape index (κ1) is 23.4. The summed E-state index contributed by atoms with van der Waals surface area (Å²) in [6.07, 6.45) is 4.71. The van der Waals surface area contributed by atoms with Gasteiger partial charge >= 0.3 is 5.97 Å². The molecule has 0 bridgehead atoms. The van der Waals surface area contributed by atoms with Crippen LogP contribution in [0.2, 0.25) is 0 Å². The molecule has 174 valence electrons. The number of carbonyl (C=O) groups excluding carboxylic acids is 1. The summed E-state index contributed by atoms with van der Waals surface area (Å²) in [6, 6.07) is 22.4. The first-order valence-corrected chi connectivity index (χ1v) is 11.0. The molecule has 0 radical (unpaired) electrons. The number of benzene rings is 3. The lowest BCUT2D eigenvalue weighted by Gasteiger charge is -2.27. The molecule has 1 aliphatic heterocycles. The van der Waals surface area contributed by atoms with Crippen LogP contribution in [-0.4, -0.2) is 12.6 Å². The van der Waals surface area contributed by atoms with Crippen LogP contribution in [0.25, 0.3) is 6.08 Å². The summed E-state index contributed by atoms with van der Waals surface area (Å²) in [4.78, 5) is 12.3. The highest BCUT2D eigenvalue weighted by molar-refractivity contribution is 5.88. The van der Waals surface area contributed by atoms with Gasteiger partial charge in [-0.3, -0.25) is 0 Å². The largest absolute Gasteiger partial charge is 0.490 e. The van der Waals surface area contributed by atoms with Gasteiger partial charge in [0, 0.05) is 17.7 Å². The molecule has 0 amide bonds. The highest BCUT2D eigenvalue weighted by Crippen LogP contribution is 2.44. The van der Waals surface area contributed by atoms with Crippen molar-refractivity contribution in [1.29, 1.82) is 5.26 Å². The Morgan fingerprint density at radius 3 is 2.69 bits per heavy atom. The zero-order valence-electron chi connectivity index (χ0n) is 19.2. The van der Waals surface area contributed by atoms with E-state index in [1.807, 2.05) is 55.5 Å². The minimum absolute atomic E-state index is 0.00477. The van der Waals surface area contributed by atoms with E-state index in [1.54, 1.807) is 30.4 Å². The molecule has 3 aromatic carbocycles. The first-order valence-electron chi connectivity index (χ1n) is 11.0. The zero-order chi connectivity index (χ0) is 24.8. The number of esters is 1. The van der Waals surface area contributed by atoms with Crippen molar-refractivity contribution in [3.8, 4) is 23.3 Å². The molecule has 0 saturated heterocycles. The molecule has 6 heteroatoms. The van der Waals surface area contributed by atoms with Gasteiger partial charge in [-0.25, -0.2) is 4.79 Å². The van der Waals surface area contributed by atoms with Crippen LogP contribution in [-0.2, 0) is 4.79 Å². The van der Waals surface area contributed by atoms with Gasteiger partial charge in [-0.2, -0.15) is 5.26 Å². The van der Waals surface area contributed by atoms with E-state index in [0.717, 1.165) is 22.3 Å². The number of nitriles is 1. The highest BCUT2D eigenvalue weighted by Gasteiger charge is 2.31. The van der Waals surface area contributed by atoms with Crippen LogP contribution in [0.15, 0.2) is 96.9 Å². The molecule has 4 rings (SSSR count). The Morgan fingerprint density at radius 2 is 1.94 bits per heavy atom. The third-order valence-corrected chi connectivity index (χ3v) is 5.46. The number of fused-ring (bicyclic) bond motifs is 1. The Balaban J connectivity index is 1.59. The van der Waals surface area contributed by atoms with Gasteiger partial charge in [0.05, 0.1) is 5.92 Å². The van der Waals surface area contributed by atoms with E-state index in [0.29, 0.717) is 29.4 Å². The average Bonchev–Trinajstić information content (AvgIpc) is 2.86.